The molecule has 1 aliphatic heterocycles. The van der Waals surface area contributed by atoms with Crippen LogP contribution in [0.1, 0.15) is 87.3 Å². The second kappa shape index (κ2) is 13.7. The first-order chi connectivity index (χ1) is 20.0. The SMILES string of the molecule is CCc1ccc(C2CCCc3c(C4OC(COC(C)=O)C(OC(C)=O)C(OC(C)=O)C4OC(C)=O)ccc(Cl)c32)cc1. The molecule has 4 rings (SSSR count). The van der Waals surface area contributed by atoms with Gasteiger partial charge >= 0.3 is 23.9 Å². The number of hydrogen-bond donors (Lipinski definition) is 0. The van der Waals surface area contributed by atoms with Gasteiger partial charge in [0.25, 0.3) is 0 Å². The first-order valence-corrected chi connectivity index (χ1v) is 14.6. The predicted molar refractivity (Wildman–Crippen MR) is 153 cm³/mol. The van der Waals surface area contributed by atoms with Gasteiger partial charge in [0.15, 0.2) is 18.3 Å². The number of halogens is 1. The summed E-state index contributed by atoms with van der Waals surface area (Å²) >= 11 is 6.86. The summed E-state index contributed by atoms with van der Waals surface area (Å²) in [7, 11) is 0. The van der Waals surface area contributed by atoms with Gasteiger partial charge in [-0.2, -0.15) is 0 Å². The molecule has 0 aromatic heterocycles. The van der Waals surface area contributed by atoms with Gasteiger partial charge in [-0.3, -0.25) is 19.2 Å². The van der Waals surface area contributed by atoms with Crippen LogP contribution in [-0.2, 0) is 55.7 Å². The summed E-state index contributed by atoms with van der Waals surface area (Å²) in [6, 6.07) is 12.1. The van der Waals surface area contributed by atoms with Crippen LogP contribution in [0, 0.1) is 0 Å². The number of ether oxygens (including phenoxy) is 5. The number of rotatable bonds is 8. The number of benzene rings is 2. The van der Waals surface area contributed by atoms with Gasteiger partial charge in [-0.25, -0.2) is 0 Å². The van der Waals surface area contributed by atoms with E-state index < -0.39 is 54.4 Å². The van der Waals surface area contributed by atoms with E-state index in [9.17, 15) is 19.2 Å². The Bertz CT molecular complexity index is 1320. The average molecular weight is 601 g/mol. The molecule has 0 bridgehead atoms. The van der Waals surface area contributed by atoms with E-state index in [1.807, 2.05) is 6.07 Å². The minimum absolute atomic E-state index is 0.0396. The molecule has 0 amide bonds. The Morgan fingerprint density at radius 2 is 1.45 bits per heavy atom. The van der Waals surface area contributed by atoms with Crippen LogP contribution in [0.25, 0.3) is 0 Å². The number of aryl methyl sites for hydroxylation is 1. The maximum absolute atomic E-state index is 12.4. The minimum Gasteiger partial charge on any atom is -0.463 e. The lowest BCUT2D eigenvalue weighted by Crippen LogP contribution is -2.59. The molecule has 0 N–H and O–H groups in total. The van der Waals surface area contributed by atoms with Gasteiger partial charge in [-0.1, -0.05) is 48.9 Å². The molecule has 1 heterocycles. The van der Waals surface area contributed by atoms with Crippen LogP contribution in [0.2, 0.25) is 5.02 Å². The third-order valence-corrected chi connectivity index (χ3v) is 8.03. The Labute approximate surface area is 250 Å². The average Bonchev–Trinajstić information content (AvgIpc) is 2.93. The van der Waals surface area contributed by atoms with Crippen LogP contribution in [0.15, 0.2) is 36.4 Å². The summed E-state index contributed by atoms with van der Waals surface area (Å²) in [6.45, 7) is 6.72. The maximum Gasteiger partial charge on any atom is 0.303 e. The number of carbonyl (C=O) groups is 4. The molecule has 6 unspecified atom stereocenters. The van der Waals surface area contributed by atoms with Gasteiger partial charge in [0, 0.05) is 38.6 Å². The molecule has 1 fully saturated rings. The number of esters is 4. The van der Waals surface area contributed by atoms with Crippen molar-refractivity contribution in [2.45, 2.75) is 96.7 Å². The second-order valence-corrected chi connectivity index (χ2v) is 11.1. The van der Waals surface area contributed by atoms with Crippen LogP contribution < -0.4 is 0 Å². The molecule has 2 aromatic rings. The Kier molecular flexibility index (Phi) is 10.3. The summed E-state index contributed by atoms with van der Waals surface area (Å²) < 4.78 is 28.6. The number of carbonyl (C=O) groups excluding carboxylic acids is 4. The normalized spacial score (nSPS) is 25.1. The maximum atomic E-state index is 12.4. The summed E-state index contributed by atoms with van der Waals surface area (Å²) in [6.07, 6.45) is -2.16. The van der Waals surface area contributed by atoms with E-state index in [1.165, 1.54) is 33.3 Å². The Balaban J connectivity index is 1.85. The highest BCUT2D eigenvalue weighted by molar-refractivity contribution is 6.31. The number of fused-ring (bicyclic) bond motifs is 1. The van der Waals surface area contributed by atoms with Crippen molar-refractivity contribution in [3.8, 4) is 0 Å². The molecule has 0 spiro atoms. The van der Waals surface area contributed by atoms with Crippen molar-refractivity contribution in [3.63, 3.8) is 0 Å². The lowest BCUT2D eigenvalue weighted by atomic mass is 9.75. The van der Waals surface area contributed by atoms with E-state index in [-0.39, 0.29) is 12.5 Å². The quantitative estimate of drug-likeness (QED) is 0.299. The summed E-state index contributed by atoms with van der Waals surface area (Å²) in [5, 5.41) is 0.614. The highest BCUT2D eigenvalue weighted by Crippen LogP contribution is 2.46. The molecular weight excluding hydrogens is 564 g/mol. The first kappa shape index (κ1) is 31.5. The lowest BCUT2D eigenvalue weighted by Gasteiger charge is -2.45. The topological polar surface area (TPSA) is 114 Å². The molecule has 9 nitrogen and oxygen atoms in total. The smallest absolute Gasteiger partial charge is 0.303 e. The fraction of sp³-hybridized carbons (Fsp3) is 0.500. The monoisotopic (exact) mass is 600 g/mol. The largest absolute Gasteiger partial charge is 0.463 e. The first-order valence-electron chi connectivity index (χ1n) is 14.2. The van der Waals surface area contributed by atoms with Crippen LogP contribution in [0.5, 0.6) is 0 Å². The molecule has 2 aromatic carbocycles. The fourth-order valence-electron chi connectivity index (χ4n) is 6.00. The molecule has 10 heteroatoms. The molecule has 2 aliphatic rings. The molecule has 0 saturated carbocycles. The van der Waals surface area contributed by atoms with Crippen molar-refractivity contribution in [1.29, 1.82) is 0 Å². The van der Waals surface area contributed by atoms with Crippen molar-refractivity contribution in [2.24, 2.45) is 0 Å². The predicted octanol–water partition coefficient (Wildman–Crippen LogP) is 5.17. The summed E-state index contributed by atoms with van der Waals surface area (Å²) in [4.78, 5) is 48.4. The standard InChI is InChI=1S/C32H37ClO9/c1-6-21-10-12-22(13-11-21)23-8-7-9-24-25(14-15-26(33)28(23)24)29-31(40-19(4)36)32(41-20(5)37)30(39-18(3)35)27(42-29)16-38-17(2)34/h10-15,23,27,29-32H,6-9,16H2,1-5H3. The van der Waals surface area contributed by atoms with Crippen molar-refractivity contribution in [1.82, 2.24) is 0 Å². The van der Waals surface area contributed by atoms with Crippen molar-refractivity contribution >= 4 is 35.5 Å². The van der Waals surface area contributed by atoms with Gasteiger partial charge in [-0.15, -0.1) is 0 Å². The molecule has 226 valence electrons. The van der Waals surface area contributed by atoms with E-state index >= 15 is 0 Å². The zero-order valence-corrected chi connectivity index (χ0v) is 25.3. The van der Waals surface area contributed by atoms with Crippen LogP contribution in [-0.4, -0.2) is 54.9 Å². The van der Waals surface area contributed by atoms with Crippen LogP contribution in [0.3, 0.4) is 0 Å². The van der Waals surface area contributed by atoms with Crippen molar-refractivity contribution in [3.05, 3.63) is 69.2 Å². The van der Waals surface area contributed by atoms with E-state index in [2.05, 4.69) is 31.2 Å². The molecule has 1 aliphatic carbocycles. The summed E-state index contributed by atoms with van der Waals surface area (Å²) in [5.74, 6) is -2.51. The molecule has 0 radical (unpaired) electrons. The van der Waals surface area contributed by atoms with Crippen LogP contribution >= 0.6 is 11.6 Å². The minimum atomic E-state index is -1.23. The number of hydrogen-bond acceptors (Lipinski definition) is 9. The molecule has 42 heavy (non-hydrogen) atoms. The van der Waals surface area contributed by atoms with Crippen molar-refractivity contribution in [2.75, 3.05) is 6.61 Å². The van der Waals surface area contributed by atoms with E-state index in [0.717, 1.165) is 36.0 Å². The highest BCUT2D eigenvalue weighted by atomic mass is 35.5. The molecule has 6 atom stereocenters. The van der Waals surface area contributed by atoms with Gasteiger partial charge < -0.3 is 23.7 Å². The Morgan fingerprint density at radius 3 is 2.05 bits per heavy atom. The lowest BCUT2D eigenvalue weighted by molar-refractivity contribution is -0.254. The van der Waals surface area contributed by atoms with E-state index in [4.69, 9.17) is 35.3 Å². The zero-order chi connectivity index (χ0) is 30.6. The second-order valence-electron chi connectivity index (χ2n) is 10.7. The Morgan fingerprint density at radius 1 is 0.833 bits per heavy atom. The van der Waals surface area contributed by atoms with Gasteiger partial charge in [0.05, 0.1) is 0 Å². The fourth-order valence-corrected chi connectivity index (χ4v) is 6.31. The Hall–Kier alpha value is -3.43. The third-order valence-electron chi connectivity index (χ3n) is 7.70. The molecular formula is C32H37ClO9. The van der Waals surface area contributed by atoms with Gasteiger partial charge in [0.2, 0.25) is 0 Å². The van der Waals surface area contributed by atoms with E-state index in [1.54, 1.807) is 6.07 Å². The van der Waals surface area contributed by atoms with Crippen LogP contribution in [0.4, 0.5) is 0 Å². The van der Waals surface area contributed by atoms with E-state index in [0.29, 0.717) is 17.0 Å². The highest BCUT2D eigenvalue weighted by Gasteiger charge is 2.53. The zero-order valence-electron chi connectivity index (χ0n) is 24.5. The van der Waals surface area contributed by atoms with Gasteiger partial charge in [-0.05, 0) is 59.6 Å². The van der Waals surface area contributed by atoms with Gasteiger partial charge in [0.1, 0.15) is 18.8 Å². The summed E-state index contributed by atoms with van der Waals surface area (Å²) in [5.41, 5.74) is 5.03. The third kappa shape index (κ3) is 7.13. The molecule has 1 saturated heterocycles. The van der Waals surface area contributed by atoms with Crippen molar-refractivity contribution < 1.29 is 42.9 Å².